The summed E-state index contributed by atoms with van der Waals surface area (Å²) >= 11 is 0. The van der Waals surface area contributed by atoms with Crippen LogP contribution in [0.25, 0.3) is 0 Å². The molecule has 2 aromatic carbocycles. The highest BCUT2D eigenvalue weighted by Crippen LogP contribution is 2.32. The van der Waals surface area contributed by atoms with E-state index in [0.29, 0.717) is 0 Å². The molecule has 118 valence electrons. The van der Waals surface area contributed by atoms with Crippen molar-refractivity contribution >= 4 is 28.1 Å². The van der Waals surface area contributed by atoms with Gasteiger partial charge in [0, 0.05) is 6.07 Å². The number of aliphatic imine (C=N–C) groups is 1. The summed E-state index contributed by atoms with van der Waals surface area (Å²) in [6.45, 7) is 4.56. The minimum absolute atomic E-state index is 0.0567. The van der Waals surface area contributed by atoms with Gasteiger partial charge in [0.15, 0.2) is 0 Å². The fraction of sp³-hybridized carbons (Fsp3) is 0.0667. The number of aryl methyl sites for hydroxylation is 1. The molecule has 1 amide bonds. The van der Waals surface area contributed by atoms with Crippen molar-refractivity contribution in [3.63, 3.8) is 0 Å². The standard InChI is InChI=1S/C15H12N2O5S/c1-10-8-14(23(21,22)11-6-4-3-5-7-11)13(17(19)20)9-12(10)15(18)16-2/h3-9H,2H2,1H3. The van der Waals surface area contributed by atoms with Gasteiger partial charge >= 0.3 is 0 Å². The first kappa shape index (κ1) is 16.5. The minimum atomic E-state index is -4.09. The number of hydrogen-bond acceptors (Lipinski definition) is 5. The van der Waals surface area contributed by atoms with E-state index in [2.05, 4.69) is 11.7 Å². The summed E-state index contributed by atoms with van der Waals surface area (Å²) in [5.74, 6) is -0.755. The lowest BCUT2D eigenvalue weighted by Crippen LogP contribution is -2.09. The summed E-state index contributed by atoms with van der Waals surface area (Å²) < 4.78 is 25.3. The van der Waals surface area contributed by atoms with Crippen LogP contribution in [-0.4, -0.2) is 26.0 Å². The van der Waals surface area contributed by atoms with E-state index in [9.17, 15) is 23.3 Å². The van der Waals surface area contributed by atoms with Crippen molar-refractivity contribution in [2.45, 2.75) is 16.7 Å². The number of benzene rings is 2. The quantitative estimate of drug-likeness (QED) is 0.486. The van der Waals surface area contributed by atoms with E-state index < -0.39 is 31.3 Å². The number of nitro groups is 1. The number of carbonyl (C=O) groups excluding carboxylic acids is 1. The van der Waals surface area contributed by atoms with Crippen molar-refractivity contribution in [1.29, 1.82) is 0 Å². The SMILES string of the molecule is C=NC(=O)c1cc([N+](=O)[O-])c(S(=O)(=O)c2ccccc2)cc1C. The van der Waals surface area contributed by atoms with Gasteiger partial charge in [0.2, 0.25) is 9.84 Å². The van der Waals surface area contributed by atoms with Gasteiger partial charge in [0.25, 0.3) is 11.6 Å². The van der Waals surface area contributed by atoms with E-state index in [1.165, 1.54) is 31.2 Å². The molecule has 0 bridgehead atoms. The van der Waals surface area contributed by atoms with Crippen LogP contribution in [0.1, 0.15) is 15.9 Å². The molecule has 23 heavy (non-hydrogen) atoms. The molecule has 0 aliphatic heterocycles. The number of nitro benzene ring substituents is 1. The Morgan fingerprint density at radius 1 is 1.22 bits per heavy atom. The van der Waals surface area contributed by atoms with Crippen molar-refractivity contribution in [2.75, 3.05) is 0 Å². The molecule has 0 aliphatic carbocycles. The van der Waals surface area contributed by atoms with Crippen LogP contribution in [0.15, 0.2) is 57.2 Å². The normalized spacial score (nSPS) is 11.0. The highest BCUT2D eigenvalue weighted by Gasteiger charge is 2.29. The van der Waals surface area contributed by atoms with Gasteiger partial charge < -0.3 is 0 Å². The number of rotatable bonds is 4. The third kappa shape index (κ3) is 3.02. The molecule has 0 aliphatic rings. The second kappa shape index (κ2) is 6.09. The largest absolute Gasteiger partial charge is 0.289 e. The highest BCUT2D eigenvalue weighted by atomic mass is 32.2. The topological polar surface area (TPSA) is 107 Å². The Bertz CT molecular complexity index is 905. The first-order valence-electron chi connectivity index (χ1n) is 6.39. The van der Waals surface area contributed by atoms with Crippen LogP contribution >= 0.6 is 0 Å². The summed E-state index contributed by atoms with van der Waals surface area (Å²) in [4.78, 5) is 24.7. The molecule has 0 unspecified atom stereocenters. The highest BCUT2D eigenvalue weighted by molar-refractivity contribution is 7.91. The van der Waals surface area contributed by atoms with E-state index in [0.717, 1.165) is 12.1 Å². The van der Waals surface area contributed by atoms with E-state index in [1.54, 1.807) is 6.07 Å². The summed E-state index contributed by atoms with van der Waals surface area (Å²) in [5.41, 5.74) is -0.465. The fourth-order valence-electron chi connectivity index (χ4n) is 2.07. The van der Waals surface area contributed by atoms with Crippen LogP contribution in [0, 0.1) is 17.0 Å². The van der Waals surface area contributed by atoms with Gasteiger partial charge in [-0.25, -0.2) is 13.4 Å². The van der Waals surface area contributed by atoms with Crippen LogP contribution in [0.2, 0.25) is 0 Å². The molecule has 7 nitrogen and oxygen atoms in total. The maximum atomic E-state index is 12.6. The van der Waals surface area contributed by atoms with E-state index in [4.69, 9.17) is 0 Å². The molecule has 0 aromatic heterocycles. The second-order valence-electron chi connectivity index (χ2n) is 4.67. The van der Waals surface area contributed by atoms with Crippen LogP contribution in [0.3, 0.4) is 0 Å². The molecule has 0 saturated carbocycles. The number of sulfone groups is 1. The molecule has 2 rings (SSSR count). The third-order valence-electron chi connectivity index (χ3n) is 3.22. The maximum Gasteiger partial charge on any atom is 0.289 e. The number of amides is 1. The molecular weight excluding hydrogens is 320 g/mol. The maximum absolute atomic E-state index is 12.6. The van der Waals surface area contributed by atoms with Crippen molar-refractivity contribution in [3.05, 3.63) is 63.7 Å². The lowest BCUT2D eigenvalue weighted by atomic mass is 10.1. The summed E-state index contributed by atoms with van der Waals surface area (Å²) in [5, 5.41) is 11.3. The Hall–Kier alpha value is -2.87. The van der Waals surface area contributed by atoms with Crippen molar-refractivity contribution < 1.29 is 18.1 Å². The molecule has 0 N–H and O–H groups in total. The Balaban J connectivity index is 2.77. The Labute approximate surface area is 132 Å². The van der Waals surface area contributed by atoms with Crippen LogP contribution < -0.4 is 0 Å². The van der Waals surface area contributed by atoms with E-state index in [1.807, 2.05) is 0 Å². The second-order valence-corrected chi connectivity index (χ2v) is 6.59. The fourth-order valence-corrected chi connectivity index (χ4v) is 3.58. The molecule has 0 saturated heterocycles. The van der Waals surface area contributed by atoms with E-state index >= 15 is 0 Å². The van der Waals surface area contributed by atoms with Gasteiger partial charge in [-0.05, 0) is 37.4 Å². The van der Waals surface area contributed by atoms with Crippen molar-refractivity contribution in [2.24, 2.45) is 4.99 Å². The van der Waals surface area contributed by atoms with Crippen LogP contribution in [0.5, 0.6) is 0 Å². The Morgan fingerprint density at radius 2 is 1.83 bits per heavy atom. The smallest absolute Gasteiger partial charge is 0.267 e. The van der Waals surface area contributed by atoms with Crippen molar-refractivity contribution in [3.8, 4) is 0 Å². The van der Waals surface area contributed by atoms with Crippen molar-refractivity contribution in [1.82, 2.24) is 0 Å². The van der Waals surface area contributed by atoms with Gasteiger partial charge in [0.1, 0.15) is 4.90 Å². The lowest BCUT2D eigenvalue weighted by molar-refractivity contribution is -0.387. The molecule has 2 aromatic rings. The van der Waals surface area contributed by atoms with Gasteiger partial charge in [0.05, 0.1) is 15.4 Å². The van der Waals surface area contributed by atoms with Crippen LogP contribution in [0.4, 0.5) is 5.69 Å². The molecule has 0 radical (unpaired) electrons. The Kier molecular flexibility index (Phi) is 4.37. The first-order chi connectivity index (χ1) is 10.8. The molecule has 0 heterocycles. The van der Waals surface area contributed by atoms with Gasteiger partial charge in [-0.1, -0.05) is 18.2 Å². The zero-order valence-electron chi connectivity index (χ0n) is 12.1. The van der Waals surface area contributed by atoms with Crippen LogP contribution in [-0.2, 0) is 9.84 Å². The number of hydrogen-bond donors (Lipinski definition) is 0. The first-order valence-corrected chi connectivity index (χ1v) is 7.87. The predicted octanol–water partition coefficient (Wildman–Crippen LogP) is 2.58. The lowest BCUT2D eigenvalue weighted by Gasteiger charge is -2.09. The average molecular weight is 332 g/mol. The zero-order chi connectivity index (χ0) is 17.2. The third-order valence-corrected chi connectivity index (χ3v) is 5.02. The van der Waals surface area contributed by atoms with E-state index in [-0.39, 0.29) is 16.0 Å². The minimum Gasteiger partial charge on any atom is -0.267 e. The molecule has 0 fully saturated rings. The summed E-state index contributed by atoms with van der Waals surface area (Å²) in [6.07, 6.45) is 0. The predicted molar refractivity (Wildman–Crippen MR) is 83.6 cm³/mol. The summed E-state index contributed by atoms with van der Waals surface area (Å²) in [7, 11) is -4.09. The molecule has 0 atom stereocenters. The van der Waals surface area contributed by atoms with Gasteiger partial charge in [-0.3, -0.25) is 14.9 Å². The van der Waals surface area contributed by atoms with Gasteiger partial charge in [-0.15, -0.1) is 0 Å². The van der Waals surface area contributed by atoms with Gasteiger partial charge in [-0.2, -0.15) is 0 Å². The molecule has 0 spiro atoms. The zero-order valence-corrected chi connectivity index (χ0v) is 12.9. The number of carbonyl (C=O) groups is 1. The average Bonchev–Trinajstić information content (AvgIpc) is 2.54. The monoisotopic (exact) mass is 332 g/mol. The molecular formula is C15H12N2O5S. The molecule has 8 heteroatoms. The number of nitrogens with zero attached hydrogens (tertiary/aromatic N) is 2. The Morgan fingerprint density at radius 3 is 2.35 bits per heavy atom. The summed E-state index contributed by atoms with van der Waals surface area (Å²) in [6, 6.07) is 9.39.